The Kier molecular flexibility index (Phi) is 4.13. The van der Waals surface area contributed by atoms with Crippen molar-refractivity contribution < 1.29 is 13.9 Å². The number of hydrogen-bond acceptors (Lipinski definition) is 4. The smallest absolute Gasteiger partial charge is 0.254 e. The average molecular weight is 281 g/mol. The molecule has 1 amide bonds. The fourth-order valence-electron chi connectivity index (χ4n) is 2.29. The van der Waals surface area contributed by atoms with Gasteiger partial charge in [0, 0.05) is 12.6 Å². The quantitative estimate of drug-likeness (QED) is 0.727. The molecule has 4 N–H and O–H groups in total. The Morgan fingerprint density at radius 1 is 1.60 bits per heavy atom. The van der Waals surface area contributed by atoms with Gasteiger partial charge in [0.15, 0.2) is 0 Å². The van der Waals surface area contributed by atoms with Gasteiger partial charge in [0.1, 0.15) is 11.6 Å². The van der Waals surface area contributed by atoms with Crippen LogP contribution in [0.15, 0.2) is 12.1 Å². The highest BCUT2D eigenvalue weighted by atomic mass is 19.1. The number of halogens is 1. The number of nitrogens with one attached hydrogen (secondary N) is 2. The topological polar surface area (TPSA) is 76.4 Å². The van der Waals surface area contributed by atoms with Crippen molar-refractivity contribution in [1.82, 2.24) is 10.6 Å². The zero-order valence-corrected chi connectivity index (χ0v) is 11.8. The van der Waals surface area contributed by atoms with Crippen molar-refractivity contribution in [2.45, 2.75) is 25.8 Å². The molecule has 0 bridgehead atoms. The van der Waals surface area contributed by atoms with Crippen molar-refractivity contribution in [3.05, 3.63) is 23.5 Å². The van der Waals surface area contributed by atoms with Crippen LogP contribution in [-0.4, -0.2) is 31.1 Å². The first-order valence-corrected chi connectivity index (χ1v) is 6.70. The zero-order valence-electron chi connectivity index (χ0n) is 11.8. The monoisotopic (exact) mass is 281 g/mol. The van der Waals surface area contributed by atoms with Crippen molar-refractivity contribution >= 4 is 11.6 Å². The Labute approximate surface area is 117 Å². The van der Waals surface area contributed by atoms with Crippen molar-refractivity contribution in [2.24, 2.45) is 0 Å². The molecule has 6 heteroatoms. The molecule has 0 radical (unpaired) electrons. The van der Waals surface area contributed by atoms with Gasteiger partial charge in [0.2, 0.25) is 0 Å². The van der Waals surface area contributed by atoms with Gasteiger partial charge in [0.25, 0.3) is 5.91 Å². The zero-order chi connectivity index (χ0) is 14.8. The Bertz CT molecular complexity index is 513. The summed E-state index contributed by atoms with van der Waals surface area (Å²) in [7, 11) is 0. The minimum absolute atomic E-state index is 0.0456. The largest absolute Gasteiger partial charge is 0.492 e. The molecule has 0 spiro atoms. The SMILES string of the molecule is CCOc1cc(C(=O)N[C@]2(C)CCNC2)c(F)cc1N. The van der Waals surface area contributed by atoms with E-state index >= 15 is 0 Å². The second kappa shape index (κ2) is 5.66. The Hall–Kier alpha value is -1.82. The molecule has 1 atom stereocenters. The molecule has 1 aliphatic rings. The number of hydrogen-bond donors (Lipinski definition) is 3. The van der Waals surface area contributed by atoms with Gasteiger partial charge in [-0.05, 0) is 32.9 Å². The summed E-state index contributed by atoms with van der Waals surface area (Å²) in [6.07, 6.45) is 0.813. The number of carbonyl (C=O) groups excluding carboxylic acids is 1. The Morgan fingerprint density at radius 2 is 2.35 bits per heavy atom. The number of ether oxygens (including phenoxy) is 1. The highest BCUT2D eigenvalue weighted by Gasteiger charge is 2.31. The number of rotatable bonds is 4. The standard InChI is InChI=1S/C14H20FN3O2/c1-3-20-12-6-9(10(15)7-11(12)16)13(19)18-14(2)4-5-17-8-14/h6-7,17H,3-5,8,16H2,1-2H3,(H,18,19)/t14-/m1/s1. The van der Waals surface area contributed by atoms with E-state index in [-0.39, 0.29) is 16.8 Å². The third-order valence-electron chi connectivity index (χ3n) is 3.43. The molecule has 0 aromatic heterocycles. The molecule has 20 heavy (non-hydrogen) atoms. The van der Waals surface area contributed by atoms with Crippen LogP contribution in [0, 0.1) is 5.82 Å². The number of nitrogen functional groups attached to an aromatic ring is 1. The highest BCUT2D eigenvalue weighted by Crippen LogP contribution is 2.26. The van der Waals surface area contributed by atoms with Crippen LogP contribution in [-0.2, 0) is 0 Å². The molecule has 1 aromatic carbocycles. The van der Waals surface area contributed by atoms with Gasteiger partial charge in [-0.15, -0.1) is 0 Å². The molecule has 1 fully saturated rings. The van der Waals surface area contributed by atoms with Gasteiger partial charge in [0.05, 0.1) is 23.4 Å². The lowest BCUT2D eigenvalue weighted by molar-refractivity contribution is 0.0908. The number of carbonyl (C=O) groups is 1. The van der Waals surface area contributed by atoms with Crippen molar-refractivity contribution in [1.29, 1.82) is 0 Å². The van der Waals surface area contributed by atoms with Gasteiger partial charge in [-0.1, -0.05) is 0 Å². The Balaban J connectivity index is 2.22. The summed E-state index contributed by atoms with van der Waals surface area (Å²) in [6, 6.07) is 2.48. The summed E-state index contributed by atoms with van der Waals surface area (Å²) in [6.45, 7) is 5.65. The summed E-state index contributed by atoms with van der Waals surface area (Å²) in [5.41, 5.74) is 5.45. The summed E-state index contributed by atoms with van der Waals surface area (Å²) >= 11 is 0. The van der Waals surface area contributed by atoms with Crippen molar-refractivity contribution in [3.63, 3.8) is 0 Å². The average Bonchev–Trinajstić information content (AvgIpc) is 2.79. The lowest BCUT2D eigenvalue weighted by Crippen LogP contribution is -2.47. The van der Waals surface area contributed by atoms with Crippen molar-refractivity contribution in [3.8, 4) is 5.75 Å². The minimum atomic E-state index is -0.641. The van der Waals surface area contributed by atoms with Crippen LogP contribution in [0.5, 0.6) is 5.75 Å². The molecule has 0 aliphatic carbocycles. The van der Waals surface area contributed by atoms with E-state index in [2.05, 4.69) is 10.6 Å². The molecule has 1 heterocycles. The second-order valence-electron chi connectivity index (χ2n) is 5.24. The second-order valence-corrected chi connectivity index (χ2v) is 5.24. The molecule has 2 rings (SSSR count). The molecular weight excluding hydrogens is 261 g/mol. The van der Waals surface area contributed by atoms with Crippen molar-refractivity contribution in [2.75, 3.05) is 25.4 Å². The number of anilines is 1. The molecule has 1 saturated heterocycles. The van der Waals surface area contributed by atoms with E-state index in [9.17, 15) is 9.18 Å². The molecule has 5 nitrogen and oxygen atoms in total. The maximum Gasteiger partial charge on any atom is 0.254 e. The number of benzene rings is 1. The van der Waals surface area contributed by atoms with E-state index in [1.807, 2.05) is 6.92 Å². The third kappa shape index (κ3) is 3.01. The summed E-state index contributed by atoms with van der Waals surface area (Å²) in [4.78, 5) is 12.2. The van der Waals surface area contributed by atoms with E-state index in [0.717, 1.165) is 19.0 Å². The van der Waals surface area contributed by atoms with E-state index in [1.165, 1.54) is 6.07 Å². The predicted molar refractivity (Wildman–Crippen MR) is 75.3 cm³/mol. The van der Waals surface area contributed by atoms with E-state index in [1.54, 1.807) is 6.92 Å². The van der Waals surface area contributed by atoms with E-state index < -0.39 is 11.7 Å². The normalized spacial score (nSPS) is 21.8. The van der Waals surface area contributed by atoms with Crippen LogP contribution >= 0.6 is 0 Å². The maximum atomic E-state index is 13.9. The van der Waals surface area contributed by atoms with Crippen LogP contribution < -0.4 is 21.1 Å². The molecular formula is C14H20FN3O2. The number of nitrogens with two attached hydrogens (primary N) is 1. The van der Waals surface area contributed by atoms with E-state index in [0.29, 0.717) is 18.9 Å². The number of amides is 1. The predicted octanol–water partition coefficient (Wildman–Crippen LogP) is 1.29. The van der Waals surface area contributed by atoms with Crippen LogP contribution in [0.25, 0.3) is 0 Å². The van der Waals surface area contributed by atoms with Gasteiger partial charge in [-0.25, -0.2) is 4.39 Å². The molecule has 110 valence electrons. The molecule has 1 aliphatic heterocycles. The van der Waals surface area contributed by atoms with Crippen LogP contribution in [0.1, 0.15) is 30.6 Å². The summed E-state index contributed by atoms with van der Waals surface area (Å²) in [5.74, 6) is -0.763. The lowest BCUT2D eigenvalue weighted by atomic mass is 10.0. The third-order valence-corrected chi connectivity index (χ3v) is 3.43. The lowest BCUT2D eigenvalue weighted by Gasteiger charge is -2.24. The Morgan fingerprint density at radius 3 is 2.95 bits per heavy atom. The molecule has 1 aromatic rings. The first-order valence-electron chi connectivity index (χ1n) is 6.70. The van der Waals surface area contributed by atoms with Gasteiger partial charge in [-0.2, -0.15) is 0 Å². The van der Waals surface area contributed by atoms with Gasteiger partial charge >= 0.3 is 0 Å². The van der Waals surface area contributed by atoms with Crippen LogP contribution in [0.3, 0.4) is 0 Å². The van der Waals surface area contributed by atoms with Gasteiger partial charge < -0.3 is 21.1 Å². The van der Waals surface area contributed by atoms with E-state index in [4.69, 9.17) is 10.5 Å². The molecule has 0 saturated carbocycles. The summed E-state index contributed by atoms with van der Waals surface area (Å²) < 4.78 is 19.2. The van der Waals surface area contributed by atoms with Gasteiger partial charge in [-0.3, -0.25) is 4.79 Å². The fourth-order valence-corrected chi connectivity index (χ4v) is 2.29. The maximum absolute atomic E-state index is 13.9. The van der Waals surface area contributed by atoms with Crippen LogP contribution in [0.2, 0.25) is 0 Å². The molecule has 0 unspecified atom stereocenters. The first kappa shape index (κ1) is 14.6. The highest BCUT2D eigenvalue weighted by molar-refractivity contribution is 5.96. The minimum Gasteiger partial charge on any atom is -0.492 e. The summed E-state index contributed by atoms with van der Waals surface area (Å²) in [5, 5.41) is 6.04. The van der Waals surface area contributed by atoms with Crippen LogP contribution in [0.4, 0.5) is 10.1 Å². The fraction of sp³-hybridized carbons (Fsp3) is 0.500. The first-order chi connectivity index (χ1) is 9.45.